The number of carbonyl (C=O) groups is 1. The summed E-state index contributed by atoms with van der Waals surface area (Å²) in [4.78, 5) is 16.2. The first-order valence-electron chi connectivity index (χ1n) is 5.74. The van der Waals surface area contributed by atoms with Gasteiger partial charge in [0, 0.05) is 11.6 Å². The van der Waals surface area contributed by atoms with Crippen molar-refractivity contribution < 1.29 is 4.79 Å². The SMILES string of the molecule is O=C1NC(NC2CC2)=NC1c1cccc(Cl)c1Cl. The molecule has 1 aliphatic carbocycles. The molecule has 1 fully saturated rings. The van der Waals surface area contributed by atoms with Gasteiger partial charge in [0.1, 0.15) is 0 Å². The second-order valence-electron chi connectivity index (χ2n) is 4.43. The van der Waals surface area contributed by atoms with Gasteiger partial charge in [-0.1, -0.05) is 35.3 Å². The van der Waals surface area contributed by atoms with Crippen LogP contribution >= 0.6 is 23.2 Å². The molecule has 1 amide bonds. The summed E-state index contributed by atoms with van der Waals surface area (Å²) >= 11 is 12.0. The van der Waals surface area contributed by atoms with E-state index >= 15 is 0 Å². The molecular formula is C12H11Cl2N3O. The molecule has 6 heteroatoms. The van der Waals surface area contributed by atoms with Gasteiger partial charge in [-0.2, -0.15) is 0 Å². The summed E-state index contributed by atoms with van der Waals surface area (Å²) in [6.07, 6.45) is 2.24. The van der Waals surface area contributed by atoms with Crippen LogP contribution in [0.15, 0.2) is 23.2 Å². The van der Waals surface area contributed by atoms with Crippen LogP contribution in [-0.4, -0.2) is 17.9 Å². The van der Waals surface area contributed by atoms with Gasteiger partial charge in [0.2, 0.25) is 0 Å². The van der Waals surface area contributed by atoms with Crippen molar-refractivity contribution in [2.75, 3.05) is 0 Å². The van der Waals surface area contributed by atoms with Crippen LogP contribution in [0, 0.1) is 0 Å². The van der Waals surface area contributed by atoms with Gasteiger partial charge in [0.15, 0.2) is 12.0 Å². The lowest BCUT2D eigenvalue weighted by Gasteiger charge is -2.07. The molecule has 18 heavy (non-hydrogen) atoms. The third-order valence-electron chi connectivity index (χ3n) is 2.94. The lowest BCUT2D eigenvalue weighted by molar-refractivity contribution is -0.120. The largest absolute Gasteiger partial charge is 0.353 e. The Morgan fingerprint density at radius 1 is 1.33 bits per heavy atom. The van der Waals surface area contributed by atoms with Gasteiger partial charge in [0.05, 0.1) is 10.0 Å². The third kappa shape index (κ3) is 2.18. The van der Waals surface area contributed by atoms with Gasteiger partial charge in [-0.05, 0) is 18.9 Å². The molecule has 1 aromatic carbocycles. The Kier molecular flexibility index (Phi) is 2.92. The number of nitrogens with zero attached hydrogens (tertiary/aromatic N) is 1. The van der Waals surface area contributed by atoms with Crippen LogP contribution in [0.5, 0.6) is 0 Å². The summed E-state index contributed by atoms with van der Waals surface area (Å²) in [6.45, 7) is 0. The van der Waals surface area contributed by atoms with E-state index in [1.165, 1.54) is 0 Å². The average Bonchev–Trinajstić information content (AvgIpc) is 3.06. The number of nitrogens with one attached hydrogen (secondary N) is 2. The highest BCUT2D eigenvalue weighted by molar-refractivity contribution is 6.42. The second kappa shape index (κ2) is 4.44. The van der Waals surface area contributed by atoms with E-state index in [0.717, 1.165) is 12.8 Å². The highest BCUT2D eigenvalue weighted by atomic mass is 35.5. The van der Waals surface area contributed by atoms with E-state index in [-0.39, 0.29) is 5.91 Å². The van der Waals surface area contributed by atoms with Gasteiger partial charge in [-0.3, -0.25) is 10.1 Å². The van der Waals surface area contributed by atoms with Crippen molar-refractivity contribution in [2.24, 2.45) is 4.99 Å². The van der Waals surface area contributed by atoms with E-state index in [0.29, 0.717) is 27.6 Å². The van der Waals surface area contributed by atoms with Crippen molar-refractivity contribution >= 4 is 35.1 Å². The zero-order valence-corrected chi connectivity index (χ0v) is 10.9. The number of hydrogen-bond acceptors (Lipinski definition) is 3. The van der Waals surface area contributed by atoms with Crippen molar-refractivity contribution in [1.29, 1.82) is 0 Å². The third-order valence-corrected chi connectivity index (χ3v) is 3.78. The van der Waals surface area contributed by atoms with Crippen molar-refractivity contribution in [3.8, 4) is 0 Å². The van der Waals surface area contributed by atoms with E-state index in [1.807, 2.05) is 0 Å². The van der Waals surface area contributed by atoms with Crippen LogP contribution in [0.1, 0.15) is 24.4 Å². The molecule has 4 nitrogen and oxygen atoms in total. The van der Waals surface area contributed by atoms with Crippen molar-refractivity contribution in [3.05, 3.63) is 33.8 Å². The molecule has 1 saturated carbocycles. The number of benzene rings is 1. The van der Waals surface area contributed by atoms with Crippen molar-refractivity contribution in [2.45, 2.75) is 24.9 Å². The maximum Gasteiger partial charge on any atom is 0.256 e. The van der Waals surface area contributed by atoms with Gasteiger partial charge >= 0.3 is 0 Å². The molecule has 0 radical (unpaired) electrons. The quantitative estimate of drug-likeness (QED) is 0.875. The lowest BCUT2D eigenvalue weighted by atomic mass is 10.1. The normalized spacial score (nSPS) is 22.7. The highest BCUT2D eigenvalue weighted by Gasteiger charge is 2.32. The molecule has 0 bridgehead atoms. The summed E-state index contributed by atoms with van der Waals surface area (Å²) in [5.41, 5.74) is 0.634. The number of hydrogen-bond donors (Lipinski definition) is 2. The molecule has 1 aromatic rings. The fourth-order valence-electron chi connectivity index (χ4n) is 1.84. The van der Waals surface area contributed by atoms with E-state index in [1.54, 1.807) is 18.2 Å². The molecule has 1 aliphatic heterocycles. The summed E-state index contributed by atoms with van der Waals surface area (Å²) < 4.78 is 0. The van der Waals surface area contributed by atoms with Crippen LogP contribution in [0.25, 0.3) is 0 Å². The van der Waals surface area contributed by atoms with Gasteiger partial charge in [0.25, 0.3) is 5.91 Å². The van der Waals surface area contributed by atoms with Gasteiger partial charge in [-0.15, -0.1) is 0 Å². The Morgan fingerprint density at radius 3 is 2.83 bits per heavy atom. The Hall–Kier alpha value is -1.26. The van der Waals surface area contributed by atoms with Crippen LogP contribution < -0.4 is 10.6 Å². The first kappa shape index (κ1) is 11.8. The van der Waals surface area contributed by atoms with Crippen LogP contribution in [0.3, 0.4) is 0 Å². The minimum Gasteiger partial charge on any atom is -0.353 e. The first-order chi connectivity index (χ1) is 8.65. The number of halogens is 2. The minimum atomic E-state index is -0.613. The predicted molar refractivity (Wildman–Crippen MR) is 70.9 cm³/mol. The Morgan fingerprint density at radius 2 is 2.11 bits per heavy atom. The van der Waals surface area contributed by atoms with Gasteiger partial charge < -0.3 is 5.32 Å². The van der Waals surface area contributed by atoms with Gasteiger partial charge in [-0.25, -0.2) is 4.99 Å². The molecule has 1 atom stereocenters. The zero-order chi connectivity index (χ0) is 12.7. The van der Waals surface area contributed by atoms with Crippen LogP contribution in [0.2, 0.25) is 10.0 Å². The lowest BCUT2D eigenvalue weighted by Crippen LogP contribution is -2.37. The Balaban J connectivity index is 1.88. The molecule has 0 saturated heterocycles. The average molecular weight is 284 g/mol. The fraction of sp³-hybridized carbons (Fsp3) is 0.333. The Bertz CT molecular complexity index is 540. The number of aliphatic imine (C=N–C) groups is 1. The van der Waals surface area contributed by atoms with E-state index in [4.69, 9.17) is 23.2 Å². The minimum absolute atomic E-state index is 0.178. The predicted octanol–water partition coefficient (Wildman–Crippen LogP) is 2.27. The highest BCUT2D eigenvalue weighted by Crippen LogP contribution is 2.33. The van der Waals surface area contributed by atoms with Crippen LogP contribution in [-0.2, 0) is 4.79 Å². The summed E-state index contributed by atoms with van der Waals surface area (Å²) in [7, 11) is 0. The first-order valence-corrected chi connectivity index (χ1v) is 6.50. The van der Waals surface area contributed by atoms with E-state index in [2.05, 4.69) is 15.6 Å². The fourth-order valence-corrected chi connectivity index (χ4v) is 2.25. The summed E-state index contributed by atoms with van der Waals surface area (Å²) in [6, 6.07) is 5.05. The summed E-state index contributed by atoms with van der Waals surface area (Å²) in [5, 5.41) is 6.69. The molecular weight excluding hydrogens is 273 g/mol. The second-order valence-corrected chi connectivity index (χ2v) is 5.22. The Labute approximate surface area is 114 Å². The van der Waals surface area contributed by atoms with E-state index in [9.17, 15) is 4.79 Å². The standard InChI is InChI=1S/C12H11Cl2N3O/c13-8-3-1-2-7(9(8)14)10-11(18)17-12(16-10)15-6-4-5-6/h1-3,6,10H,4-5H2,(H2,15,16,17,18). The molecule has 94 valence electrons. The number of guanidine groups is 1. The number of amides is 1. The number of rotatable bonds is 2. The number of carbonyl (C=O) groups excluding carboxylic acids is 1. The van der Waals surface area contributed by atoms with Crippen LogP contribution in [0.4, 0.5) is 0 Å². The molecule has 2 aliphatic rings. The topological polar surface area (TPSA) is 53.5 Å². The molecule has 1 unspecified atom stereocenters. The molecule has 0 aromatic heterocycles. The summed E-state index contributed by atoms with van der Waals surface area (Å²) in [5.74, 6) is 0.353. The smallest absolute Gasteiger partial charge is 0.256 e. The maximum absolute atomic E-state index is 11.9. The van der Waals surface area contributed by atoms with Crippen molar-refractivity contribution in [1.82, 2.24) is 10.6 Å². The van der Waals surface area contributed by atoms with Crippen molar-refractivity contribution in [3.63, 3.8) is 0 Å². The molecule has 1 heterocycles. The zero-order valence-electron chi connectivity index (χ0n) is 9.41. The maximum atomic E-state index is 11.9. The monoisotopic (exact) mass is 283 g/mol. The van der Waals surface area contributed by atoms with E-state index < -0.39 is 6.04 Å². The molecule has 3 rings (SSSR count). The molecule has 0 spiro atoms. The molecule has 2 N–H and O–H groups in total.